The molecule has 0 spiro atoms. The van der Waals surface area contributed by atoms with Crippen molar-refractivity contribution >= 4 is 27.6 Å². The van der Waals surface area contributed by atoms with Gasteiger partial charge in [0.25, 0.3) is 0 Å². The Morgan fingerprint density at radius 3 is 2.78 bits per heavy atom. The van der Waals surface area contributed by atoms with Gasteiger partial charge in [-0.2, -0.15) is 0 Å². The van der Waals surface area contributed by atoms with Crippen LogP contribution in [0, 0.1) is 0 Å². The van der Waals surface area contributed by atoms with Crippen LogP contribution in [-0.2, 0) is 6.42 Å². The van der Waals surface area contributed by atoms with Gasteiger partial charge in [-0.15, -0.1) is 11.3 Å². The van der Waals surface area contributed by atoms with Crippen LogP contribution in [0.25, 0.3) is 10.1 Å². The molecule has 3 aromatic rings. The van der Waals surface area contributed by atoms with Crippen LogP contribution >= 0.6 is 11.3 Å². The number of aromatic hydroxyl groups is 1. The van der Waals surface area contributed by atoms with Gasteiger partial charge in [0.1, 0.15) is 11.5 Å². The highest BCUT2D eigenvalue weighted by atomic mass is 32.1. The van der Waals surface area contributed by atoms with E-state index in [1.807, 2.05) is 43.3 Å². The number of aliphatic imine (C=N–C) groups is 1. The Bertz CT molecular complexity index is 809. The number of hydrogen-bond acceptors (Lipinski definition) is 4. The predicted octanol–water partition coefficient (Wildman–Crippen LogP) is 4.67. The summed E-state index contributed by atoms with van der Waals surface area (Å²) in [5, 5.41) is 11.2. The first-order valence-corrected chi connectivity index (χ1v) is 8.51. The zero-order chi connectivity index (χ0) is 16.1. The Morgan fingerprint density at radius 2 is 2.00 bits per heavy atom. The lowest BCUT2D eigenvalue weighted by molar-refractivity contribution is 0.340. The molecular formula is C19H19NO2S. The van der Waals surface area contributed by atoms with E-state index in [1.54, 1.807) is 17.6 Å². The standard InChI is InChI=1S/C19H19NO2S/c1-2-22-15-8-9-17-16(12-15)19(21)18(23-17)13-20-11-10-14-6-4-3-5-7-14/h3-9,12-13,21H,2,10-11H2,1H3. The molecule has 0 aliphatic rings. The Labute approximate surface area is 139 Å². The van der Waals surface area contributed by atoms with E-state index in [0.29, 0.717) is 13.2 Å². The van der Waals surface area contributed by atoms with Crippen molar-refractivity contribution in [1.29, 1.82) is 0 Å². The molecule has 1 N–H and O–H groups in total. The van der Waals surface area contributed by atoms with E-state index in [0.717, 1.165) is 27.1 Å². The van der Waals surface area contributed by atoms with Gasteiger partial charge in [-0.3, -0.25) is 4.99 Å². The SMILES string of the molecule is CCOc1ccc2sc(C=NCCc3ccccc3)c(O)c2c1. The van der Waals surface area contributed by atoms with Crippen molar-refractivity contribution in [3.63, 3.8) is 0 Å². The minimum Gasteiger partial charge on any atom is -0.506 e. The van der Waals surface area contributed by atoms with E-state index in [2.05, 4.69) is 17.1 Å². The average molecular weight is 325 g/mol. The number of benzene rings is 2. The van der Waals surface area contributed by atoms with Crippen LogP contribution in [0.4, 0.5) is 0 Å². The van der Waals surface area contributed by atoms with E-state index in [-0.39, 0.29) is 5.75 Å². The van der Waals surface area contributed by atoms with Crippen molar-refractivity contribution in [3.8, 4) is 11.5 Å². The van der Waals surface area contributed by atoms with Gasteiger partial charge in [0.05, 0.1) is 11.5 Å². The maximum Gasteiger partial charge on any atom is 0.143 e. The molecule has 0 atom stereocenters. The smallest absolute Gasteiger partial charge is 0.143 e. The number of rotatable bonds is 6. The summed E-state index contributed by atoms with van der Waals surface area (Å²) in [4.78, 5) is 5.24. The lowest BCUT2D eigenvalue weighted by Gasteiger charge is -2.01. The molecule has 0 aliphatic heterocycles. The van der Waals surface area contributed by atoms with E-state index >= 15 is 0 Å². The summed E-state index contributed by atoms with van der Waals surface area (Å²) in [5.41, 5.74) is 1.27. The largest absolute Gasteiger partial charge is 0.506 e. The molecule has 0 unspecified atom stereocenters. The minimum absolute atomic E-state index is 0.287. The fraction of sp³-hybridized carbons (Fsp3) is 0.211. The third-order valence-corrected chi connectivity index (χ3v) is 4.65. The molecule has 2 aromatic carbocycles. The van der Waals surface area contributed by atoms with Crippen molar-refractivity contribution < 1.29 is 9.84 Å². The quantitative estimate of drug-likeness (QED) is 0.669. The summed E-state index contributed by atoms with van der Waals surface area (Å²) in [6.07, 6.45) is 2.67. The summed E-state index contributed by atoms with van der Waals surface area (Å²) in [5.74, 6) is 1.07. The molecule has 1 aromatic heterocycles. The van der Waals surface area contributed by atoms with Crippen molar-refractivity contribution in [1.82, 2.24) is 0 Å². The van der Waals surface area contributed by atoms with Crippen molar-refractivity contribution in [2.24, 2.45) is 4.99 Å². The third kappa shape index (κ3) is 3.71. The van der Waals surface area contributed by atoms with Gasteiger partial charge in [0.2, 0.25) is 0 Å². The number of nitrogens with zero attached hydrogens (tertiary/aromatic N) is 1. The lowest BCUT2D eigenvalue weighted by atomic mass is 10.2. The molecule has 0 saturated carbocycles. The van der Waals surface area contributed by atoms with Gasteiger partial charge in [-0.1, -0.05) is 30.3 Å². The number of fused-ring (bicyclic) bond motifs is 1. The molecule has 3 nitrogen and oxygen atoms in total. The first-order chi connectivity index (χ1) is 11.3. The normalized spacial score (nSPS) is 11.3. The second-order valence-corrected chi connectivity index (χ2v) is 6.26. The molecular weight excluding hydrogens is 306 g/mol. The first-order valence-electron chi connectivity index (χ1n) is 7.70. The van der Waals surface area contributed by atoms with Gasteiger partial charge in [-0.25, -0.2) is 0 Å². The molecule has 4 heteroatoms. The second kappa shape index (κ2) is 7.29. The Hall–Kier alpha value is -2.33. The van der Waals surface area contributed by atoms with Crippen LogP contribution in [0.3, 0.4) is 0 Å². The van der Waals surface area contributed by atoms with Crippen LogP contribution in [0.5, 0.6) is 11.5 Å². The van der Waals surface area contributed by atoms with Crippen molar-refractivity contribution in [2.75, 3.05) is 13.2 Å². The van der Waals surface area contributed by atoms with Gasteiger partial charge in [0, 0.05) is 22.8 Å². The van der Waals surface area contributed by atoms with E-state index < -0.39 is 0 Å². The van der Waals surface area contributed by atoms with Gasteiger partial charge in [-0.05, 0) is 37.1 Å². The van der Waals surface area contributed by atoms with Crippen LogP contribution in [0.1, 0.15) is 17.4 Å². The minimum atomic E-state index is 0.287. The molecule has 1 heterocycles. The molecule has 118 valence electrons. The average Bonchev–Trinajstić information content (AvgIpc) is 2.89. The summed E-state index contributed by atoms with van der Waals surface area (Å²) < 4.78 is 6.52. The monoisotopic (exact) mass is 325 g/mol. The van der Waals surface area contributed by atoms with Gasteiger partial charge >= 0.3 is 0 Å². The molecule has 23 heavy (non-hydrogen) atoms. The maximum atomic E-state index is 10.4. The van der Waals surface area contributed by atoms with Crippen molar-refractivity contribution in [2.45, 2.75) is 13.3 Å². The zero-order valence-electron chi connectivity index (χ0n) is 13.0. The van der Waals surface area contributed by atoms with E-state index in [1.165, 1.54) is 5.56 Å². The number of ether oxygens (including phenoxy) is 1. The third-order valence-electron chi connectivity index (χ3n) is 3.55. The topological polar surface area (TPSA) is 41.8 Å². The van der Waals surface area contributed by atoms with Crippen LogP contribution in [-0.4, -0.2) is 24.5 Å². The molecule has 0 amide bonds. The van der Waals surface area contributed by atoms with E-state index in [9.17, 15) is 5.11 Å². The highest BCUT2D eigenvalue weighted by Crippen LogP contribution is 2.37. The summed E-state index contributed by atoms with van der Waals surface area (Å²) in [7, 11) is 0. The Balaban J connectivity index is 1.72. The van der Waals surface area contributed by atoms with Gasteiger partial charge in [0.15, 0.2) is 0 Å². The maximum absolute atomic E-state index is 10.4. The highest BCUT2D eigenvalue weighted by Gasteiger charge is 2.10. The second-order valence-electron chi connectivity index (χ2n) is 5.18. The highest BCUT2D eigenvalue weighted by molar-refractivity contribution is 7.21. The summed E-state index contributed by atoms with van der Waals surface area (Å²) >= 11 is 1.54. The molecule has 3 rings (SSSR count). The van der Waals surface area contributed by atoms with Crippen LogP contribution < -0.4 is 4.74 Å². The molecule has 0 bridgehead atoms. The predicted molar refractivity (Wildman–Crippen MR) is 97.3 cm³/mol. The number of thiophene rings is 1. The first kappa shape index (κ1) is 15.6. The molecule has 0 radical (unpaired) electrons. The Kier molecular flexibility index (Phi) is 4.93. The fourth-order valence-electron chi connectivity index (χ4n) is 2.41. The van der Waals surface area contributed by atoms with Crippen molar-refractivity contribution in [3.05, 3.63) is 59.0 Å². The molecule has 0 aliphatic carbocycles. The van der Waals surface area contributed by atoms with Crippen LogP contribution in [0.2, 0.25) is 0 Å². The fourth-order valence-corrected chi connectivity index (χ4v) is 3.38. The summed E-state index contributed by atoms with van der Waals surface area (Å²) in [6, 6.07) is 16.1. The zero-order valence-corrected chi connectivity index (χ0v) is 13.8. The van der Waals surface area contributed by atoms with E-state index in [4.69, 9.17) is 4.74 Å². The lowest BCUT2D eigenvalue weighted by Crippen LogP contribution is -1.90. The molecule has 0 fully saturated rings. The van der Waals surface area contributed by atoms with Gasteiger partial charge < -0.3 is 9.84 Å². The number of hydrogen-bond donors (Lipinski definition) is 1. The van der Waals surface area contributed by atoms with Crippen LogP contribution in [0.15, 0.2) is 53.5 Å². The summed E-state index contributed by atoms with van der Waals surface area (Å²) in [6.45, 7) is 3.27. The Morgan fingerprint density at radius 1 is 1.17 bits per heavy atom. The molecule has 0 saturated heterocycles.